The highest BCUT2D eigenvalue weighted by molar-refractivity contribution is 5.90. The van der Waals surface area contributed by atoms with E-state index in [1.54, 1.807) is 12.1 Å². The largest absolute Gasteiger partial charge is 0.493 e. The van der Waals surface area contributed by atoms with E-state index in [1.165, 1.54) is 19.2 Å². The van der Waals surface area contributed by atoms with E-state index in [9.17, 15) is 14.0 Å². The number of hydrogen-bond acceptors (Lipinski definition) is 4. The first kappa shape index (κ1) is 16.5. The highest BCUT2D eigenvalue weighted by Gasteiger charge is 2.12. The van der Waals surface area contributed by atoms with Crippen molar-refractivity contribution in [3.05, 3.63) is 53.9 Å². The first-order valence-corrected chi connectivity index (χ1v) is 7.30. The molecule has 2 aromatic carbocycles. The first-order chi connectivity index (χ1) is 12.1. The molecule has 1 aromatic heterocycles. The van der Waals surface area contributed by atoms with Crippen LogP contribution < -0.4 is 9.47 Å². The van der Waals surface area contributed by atoms with Crippen molar-refractivity contribution in [3.8, 4) is 17.6 Å². The fraction of sp³-hybridized carbons (Fsp3) is 0.111. The number of methoxy groups -OCH3 is 1. The average Bonchev–Trinajstić information content (AvgIpc) is 3.04. The van der Waals surface area contributed by atoms with Crippen molar-refractivity contribution >= 4 is 22.7 Å². The molecule has 3 aromatic rings. The zero-order chi connectivity index (χ0) is 17.8. The van der Waals surface area contributed by atoms with Crippen LogP contribution in [-0.2, 0) is 0 Å². The molecule has 1 N–H and O–H groups in total. The summed E-state index contributed by atoms with van der Waals surface area (Å²) in [6.45, 7) is -2.94. The van der Waals surface area contributed by atoms with Gasteiger partial charge in [-0.2, -0.15) is 14.0 Å². The molecule has 0 atom stereocenters. The molecule has 3 rings (SSSR count). The van der Waals surface area contributed by atoms with Gasteiger partial charge in [-0.1, -0.05) is 18.2 Å². The molecule has 0 unspecified atom stereocenters. The van der Waals surface area contributed by atoms with Crippen LogP contribution in [0.15, 0.2) is 42.5 Å². The van der Waals surface area contributed by atoms with Crippen LogP contribution in [0.4, 0.5) is 8.78 Å². The van der Waals surface area contributed by atoms with Gasteiger partial charge in [0.05, 0.1) is 23.7 Å². The molecule has 0 aliphatic heterocycles. The van der Waals surface area contributed by atoms with Gasteiger partial charge in [0.15, 0.2) is 11.5 Å². The van der Waals surface area contributed by atoms with Crippen LogP contribution in [-0.4, -0.2) is 23.7 Å². The molecule has 0 fully saturated rings. The summed E-state index contributed by atoms with van der Waals surface area (Å²) >= 11 is 0. The van der Waals surface area contributed by atoms with Gasteiger partial charge < -0.3 is 14.5 Å². The smallest absolute Gasteiger partial charge is 0.387 e. The van der Waals surface area contributed by atoms with E-state index in [-0.39, 0.29) is 11.5 Å². The summed E-state index contributed by atoms with van der Waals surface area (Å²) in [5.74, 6) is 0.503. The second-order valence-electron chi connectivity index (χ2n) is 5.06. The van der Waals surface area contributed by atoms with Crippen LogP contribution in [0.3, 0.4) is 0 Å². The number of aromatic amines is 1. The predicted molar refractivity (Wildman–Crippen MR) is 89.2 cm³/mol. The number of imidazole rings is 1. The van der Waals surface area contributed by atoms with Gasteiger partial charge in [0.1, 0.15) is 11.9 Å². The molecule has 0 bridgehead atoms. The highest BCUT2D eigenvalue weighted by atomic mass is 19.3. The van der Waals surface area contributed by atoms with E-state index < -0.39 is 6.61 Å². The summed E-state index contributed by atoms with van der Waals surface area (Å²) in [5.41, 5.74) is 2.46. The minimum Gasteiger partial charge on any atom is -0.493 e. The third-order valence-electron chi connectivity index (χ3n) is 3.48. The molecule has 25 heavy (non-hydrogen) atoms. The summed E-state index contributed by atoms with van der Waals surface area (Å²) in [7, 11) is 1.35. The summed E-state index contributed by atoms with van der Waals surface area (Å²) < 4.78 is 34.2. The quantitative estimate of drug-likeness (QED) is 0.705. The van der Waals surface area contributed by atoms with Crippen LogP contribution in [0.1, 0.15) is 11.4 Å². The third kappa shape index (κ3) is 3.58. The Kier molecular flexibility index (Phi) is 4.61. The van der Waals surface area contributed by atoms with Crippen LogP contribution >= 0.6 is 0 Å². The number of alkyl halides is 2. The molecular formula is C18H13F2N3O2. The molecule has 5 nitrogen and oxygen atoms in total. The lowest BCUT2D eigenvalue weighted by molar-refractivity contribution is -0.0512. The fourth-order valence-corrected chi connectivity index (χ4v) is 2.37. The van der Waals surface area contributed by atoms with E-state index in [0.717, 1.165) is 11.0 Å². The summed E-state index contributed by atoms with van der Waals surface area (Å²) in [6, 6.07) is 13.9. The molecule has 126 valence electrons. The number of hydrogen-bond donors (Lipinski definition) is 1. The number of fused-ring (bicyclic) bond motifs is 1. The lowest BCUT2D eigenvalue weighted by Crippen LogP contribution is -2.03. The SMILES string of the molecule is COc1cc(/C=C(/C#N)c2nc3ccccc3[nH]2)ccc1OC(F)F. The maximum atomic E-state index is 12.4. The number of nitriles is 1. The van der Waals surface area contributed by atoms with E-state index >= 15 is 0 Å². The topological polar surface area (TPSA) is 70.9 Å². The Morgan fingerprint density at radius 3 is 2.72 bits per heavy atom. The Balaban J connectivity index is 1.98. The van der Waals surface area contributed by atoms with E-state index in [1.807, 2.05) is 24.3 Å². The highest BCUT2D eigenvalue weighted by Crippen LogP contribution is 2.31. The van der Waals surface area contributed by atoms with Crippen molar-refractivity contribution in [2.75, 3.05) is 7.11 Å². The Morgan fingerprint density at radius 2 is 2.04 bits per heavy atom. The number of benzene rings is 2. The molecule has 0 aliphatic rings. The number of H-pyrrole nitrogens is 1. The van der Waals surface area contributed by atoms with Gasteiger partial charge in [-0.05, 0) is 35.9 Å². The monoisotopic (exact) mass is 341 g/mol. The molecule has 0 amide bonds. The molecule has 0 saturated heterocycles. The van der Waals surface area contributed by atoms with Crippen molar-refractivity contribution in [2.45, 2.75) is 6.61 Å². The van der Waals surface area contributed by atoms with E-state index in [2.05, 4.69) is 20.8 Å². The molecule has 0 aliphatic carbocycles. The number of nitrogens with one attached hydrogen (secondary N) is 1. The average molecular weight is 341 g/mol. The van der Waals surface area contributed by atoms with Gasteiger partial charge in [0, 0.05) is 0 Å². The Morgan fingerprint density at radius 1 is 1.24 bits per heavy atom. The molecular weight excluding hydrogens is 328 g/mol. The second-order valence-corrected chi connectivity index (χ2v) is 5.06. The van der Waals surface area contributed by atoms with Gasteiger partial charge in [-0.15, -0.1) is 0 Å². The number of ether oxygens (including phenoxy) is 2. The number of aromatic nitrogens is 2. The third-order valence-corrected chi connectivity index (χ3v) is 3.48. The Hall–Kier alpha value is -3.40. The molecule has 0 saturated carbocycles. The van der Waals surface area contributed by atoms with Crippen molar-refractivity contribution in [1.29, 1.82) is 5.26 Å². The number of nitrogens with zero attached hydrogens (tertiary/aromatic N) is 2. The second kappa shape index (κ2) is 7.01. The van der Waals surface area contributed by atoms with Crippen LogP contribution in [0.2, 0.25) is 0 Å². The summed E-state index contributed by atoms with van der Waals surface area (Å²) in [6.07, 6.45) is 1.59. The predicted octanol–water partition coefficient (Wildman–Crippen LogP) is 4.24. The van der Waals surface area contributed by atoms with Gasteiger partial charge >= 0.3 is 6.61 Å². The molecule has 1 heterocycles. The standard InChI is InChI=1S/C18H13F2N3O2/c1-24-16-9-11(6-7-15(16)25-18(19)20)8-12(10-21)17-22-13-4-2-3-5-14(13)23-17/h2-9,18H,1H3,(H,22,23)/b12-8-. The van der Waals surface area contributed by atoms with Crippen LogP contribution in [0, 0.1) is 11.3 Å². The maximum Gasteiger partial charge on any atom is 0.387 e. The van der Waals surface area contributed by atoms with Crippen LogP contribution in [0.5, 0.6) is 11.5 Å². The van der Waals surface area contributed by atoms with E-state index in [0.29, 0.717) is 17.0 Å². The number of allylic oxidation sites excluding steroid dienone is 1. The van der Waals surface area contributed by atoms with Crippen LogP contribution in [0.25, 0.3) is 22.7 Å². The zero-order valence-corrected chi connectivity index (χ0v) is 13.2. The number of rotatable bonds is 5. The lowest BCUT2D eigenvalue weighted by atomic mass is 10.1. The van der Waals surface area contributed by atoms with Gasteiger partial charge in [-0.25, -0.2) is 4.98 Å². The minimum absolute atomic E-state index is 0.0723. The van der Waals surface area contributed by atoms with Crippen molar-refractivity contribution in [3.63, 3.8) is 0 Å². The summed E-state index contributed by atoms with van der Waals surface area (Å²) in [4.78, 5) is 7.45. The van der Waals surface area contributed by atoms with E-state index in [4.69, 9.17) is 4.74 Å². The number of para-hydroxylation sites is 2. The zero-order valence-electron chi connectivity index (χ0n) is 13.2. The van der Waals surface area contributed by atoms with Crippen molar-refractivity contribution < 1.29 is 18.3 Å². The molecule has 7 heteroatoms. The minimum atomic E-state index is -2.94. The normalized spacial score (nSPS) is 11.6. The Labute approximate surface area is 142 Å². The van der Waals surface area contributed by atoms with Gasteiger partial charge in [-0.3, -0.25) is 0 Å². The van der Waals surface area contributed by atoms with Gasteiger partial charge in [0.2, 0.25) is 0 Å². The van der Waals surface area contributed by atoms with Crippen molar-refractivity contribution in [1.82, 2.24) is 9.97 Å². The molecule has 0 spiro atoms. The maximum absolute atomic E-state index is 12.4. The van der Waals surface area contributed by atoms with Crippen molar-refractivity contribution in [2.24, 2.45) is 0 Å². The Bertz CT molecular complexity index is 941. The fourth-order valence-electron chi connectivity index (χ4n) is 2.37. The summed E-state index contributed by atoms with van der Waals surface area (Å²) in [5, 5.41) is 9.43. The lowest BCUT2D eigenvalue weighted by Gasteiger charge is -2.10. The molecule has 0 radical (unpaired) electrons. The van der Waals surface area contributed by atoms with Gasteiger partial charge in [0.25, 0.3) is 0 Å². The first-order valence-electron chi connectivity index (χ1n) is 7.30. The number of halogens is 2.